The van der Waals surface area contributed by atoms with Crippen LogP contribution < -0.4 is 5.32 Å². The minimum absolute atomic E-state index is 0.0386. The summed E-state index contributed by atoms with van der Waals surface area (Å²) in [4.78, 5) is 12.6. The number of hydrogen-bond donors (Lipinski definition) is 1. The molecule has 1 N–H and O–H groups in total. The molecule has 7 heteroatoms. The van der Waals surface area contributed by atoms with Crippen molar-refractivity contribution < 1.29 is 4.79 Å². The van der Waals surface area contributed by atoms with Gasteiger partial charge in [-0.25, -0.2) is 0 Å². The first kappa shape index (κ1) is 19.4. The van der Waals surface area contributed by atoms with E-state index < -0.39 is 0 Å². The largest absolute Gasteiger partial charge is 0.323 e. The van der Waals surface area contributed by atoms with E-state index >= 15 is 0 Å². The maximum atomic E-state index is 12.6. The molecule has 0 bridgehead atoms. The van der Waals surface area contributed by atoms with Crippen molar-refractivity contribution in [2.75, 3.05) is 5.32 Å². The van der Waals surface area contributed by atoms with Gasteiger partial charge in [0.05, 0.1) is 46.8 Å². The molecule has 2 aromatic heterocycles. The molecule has 0 aliphatic heterocycles. The molecule has 1 aromatic carbocycles. The summed E-state index contributed by atoms with van der Waals surface area (Å²) >= 11 is 3.37. The summed E-state index contributed by atoms with van der Waals surface area (Å²) in [5.74, 6) is -0.251. The van der Waals surface area contributed by atoms with Crippen LogP contribution in [0, 0.1) is 26.7 Å². The van der Waals surface area contributed by atoms with Crippen LogP contribution in [0.4, 0.5) is 5.69 Å². The minimum Gasteiger partial charge on any atom is -0.323 e. The zero-order valence-corrected chi connectivity index (χ0v) is 17.6. The Hall–Kier alpha value is -2.41. The predicted molar refractivity (Wildman–Crippen MR) is 110 cm³/mol. The molecule has 2 heterocycles. The van der Waals surface area contributed by atoms with Crippen LogP contribution in [0.1, 0.15) is 29.4 Å². The van der Waals surface area contributed by atoms with Gasteiger partial charge in [0.15, 0.2) is 0 Å². The number of halogens is 1. The second-order valence-electron chi connectivity index (χ2n) is 6.90. The van der Waals surface area contributed by atoms with E-state index in [-0.39, 0.29) is 11.8 Å². The van der Waals surface area contributed by atoms with E-state index in [0.717, 1.165) is 21.5 Å². The quantitative estimate of drug-likeness (QED) is 0.641. The van der Waals surface area contributed by atoms with Gasteiger partial charge in [-0.05, 0) is 47.8 Å². The third-order valence-electron chi connectivity index (χ3n) is 4.72. The number of benzene rings is 1. The molecule has 0 aliphatic carbocycles. The summed E-state index contributed by atoms with van der Waals surface area (Å²) in [6.07, 6.45) is 3.58. The first-order chi connectivity index (χ1) is 12.8. The molecule has 1 atom stereocenters. The van der Waals surface area contributed by atoms with Crippen molar-refractivity contribution in [2.24, 2.45) is 5.92 Å². The van der Waals surface area contributed by atoms with Crippen LogP contribution in [0.3, 0.4) is 0 Å². The van der Waals surface area contributed by atoms with Crippen molar-refractivity contribution in [1.29, 1.82) is 0 Å². The molecule has 3 aromatic rings. The molecule has 0 radical (unpaired) electrons. The number of carbonyl (C=O) groups is 1. The fourth-order valence-corrected chi connectivity index (χ4v) is 3.36. The van der Waals surface area contributed by atoms with E-state index in [2.05, 4.69) is 50.5 Å². The van der Waals surface area contributed by atoms with Crippen molar-refractivity contribution in [3.63, 3.8) is 0 Å². The fourth-order valence-electron chi connectivity index (χ4n) is 3.03. The predicted octanol–water partition coefficient (Wildman–Crippen LogP) is 4.09. The van der Waals surface area contributed by atoms with Crippen LogP contribution in [0.15, 0.2) is 41.1 Å². The Bertz CT molecular complexity index is 959. The maximum Gasteiger partial charge on any atom is 0.229 e. The van der Waals surface area contributed by atoms with Gasteiger partial charge in [0, 0.05) is 6.20 Å². The van der Waals surface area contributed by atoms with Gasteiger partial charge in [0.2, 0.25) is 5.91 Å². The molecule has 0 fully saturated rings. The zero-order chi connectivity index (χ0) is 19.6. The van der Waals surface area contributed by atoms with Crippen LogP contribution >= 0.6 is 15.9 Å². The highest BCUT2D eigenvalue weighted by Crippen LogP contribution is 2.22. The van der Waals surface area contributed by atoms with E-state index in [9.17, 15) is 4.79 Å². The van der Waals surface area contributed by atoms with E-state index in [0.29, 0.717) is 13.1 Å². The van der Waals surface area contributed by atoms with Gasteiger partial charge < -0.3 is 5.32 Å². The van der Waals surface area contributed by atoms with Gasteiger partial charge in [0.1, 0.15) is 0 Å². The lowest BCUT2D eigenvalue weighted by Gasteiger charge is -2.13. The highest BCUT2D eigenvalue weighted by atomic mass is 79.9. The highest BCUT2D eigenvalue weighted by Gasteiger charge is 2.19. The lowest BCUT2D eigenvalue weighted by atomic mass is 10.1. The highest BCUT2D eigenvalue weighted by molar-refractivity contribution is 9.10. The van der Waals surface area contributed by atoms with E-state index in [1.54, 1.807) is 10.9 Å². The average molecular weight is 430 g/mol. The summed E-state index contributed by atoms with van der Waals surface area (Å²) in [6, 6.07) is 8.27. The average Bonchev–Trinajstić information content (AvgIpc) is 3.14. The lowest BCUT2D eigenvalue weighted by Crippen LogP contribution is -2.25. The van der Waals surface area contributed by atoms with Crippen molar-refractivity contribution in [1.82, 2.24) is 19.6 Å². The number of nitrogens with zero attached hydrogens (tertiary/aromatic N) is 4. The van der Waals surface area contributed by atoms with Crippen molar-refractivity contribution in [3.8, 4) is 0 Å². The molecular weight excluding hydrogens is 406 g/mol. The van der Waals surface area contributed by atoms with Gasteiger partial charge in [-0.1, -0.05) is 31.2 Å². The van der Waals surface area contributed by atoms with E-state index in [1.165, 1.54) is 11.1 Å². The van der Waals surface area contributed by atoms with Crippen LogP contribution in [0.5, 0.6) is 0 Å². The number of aromatic nitrogens is 4. The van der Waals surface area contributed by atoms with Gasteiger partial charge in [-0.15, -0.1) is 0 Å². The number of hydrogen-bond acceptors (Lipinski definition) is 3. The van der Waals surface area contributed by atoms with Crippen LogP contribution in [0.2, 0.25) is 0 Å². The molecule has 0 spiro atoms. The smallest absolute Gasteiger partial charge is 0.229 e. The summed E-state index contributed by atoms with van der Waals surface area (Å²) in [7, 11) is 0. The molecular formula is C20H24BrN5O. The number of rotatable bonds is 6. The van der Waals surface area contributed by atoms with E-state index in [4.69, 9.17) is 0 Å². The molecule has 1 amide bonds. The Morgan fingerprint density at radius 3 is 2.67 bits per heavy atom. The van der Waals surface area contributed by atoms with Gasteiger partial charge in [0.25, 0.3) is 0 Å². The summed E-state index contributed by atoms with van der Waals surface area (Å²) in [5, 5.41) is 11.9. The monoisotopic (exact) mass is 429 g/mol. The van der Waals surface area contributed by atoms with Crippen molar-refractivity contribution in [3.05, 3.63) is 63.6 Å². The van der Waals surface area contributed by atoms with Crippen molar-refractivity contribution in [2.45, 2.75) is 40.8 Å². The number of anilines is 1. The first-order valence-corrected chi connectivity index (χ1v) is 9.71. The molecule has 1 unspecified atom stereocenters. The Morgan fingerprint density at radius 2 is 2.00 bits per heavy atom. The topological polar surface area (TPSA) is 64.7 Å². The molecule has 0 saturated heterocycles. The van der Waals surface area contributed by atoms with Gasteiger partial charge in [-0.2, -0.15) is 10.2 Å². The molecule has 0 aliphatic rings. The number of carbonyl (C=O) groups excluding carboxylic acids is 1. The molecule has 0 saturated carbocycles. The second kappa shape index (κ2) is 8.08. The SMILES string of the molecule is Cc1ccccc1Cn1nc(C)c(NC(=O)C(C)Cn2cc(Br)cn2)c1C. The standard InChI is InChI=1S/C20H24BrN5O/c1-13-7-5-6-8-17(13)11-26-16(4)19(15(3)24-26)23-20(27)14(2)10-25-12-18(21)9-22-25/h5-9,12,14H,10-11H2,1-4H3,(H,23,27). The Balaban J connectivity index is 1.72. The summed E-state index contributed by atoms with van der Waals surface area (Å²) in [6.45, 7) is 9.11. The minimum atomic E-state index is -0.213. The Labute approximate surface area is 167 Å². The summed E-state index contributed by atoms with van der Waals surface area (Å²) < 4.78 is 4.61. The van der Waals surface area contributed by atoms with Gasteiger partial charge in [-0.3, -0.25) is 14.2 Å². The van der Waals surface area contributed by atoms with Crippen LogP contribution in [-0.4, -0.2) is 25.5 Å². The third kappa shape index (κ3) is 4.47. The second-order valence-corrected chi connectivity index (χ2v) is 7.82. The first-order valence-electron chi connectivity index (χ1n) is 8.92. The maximum absolute atomic E-state index is 12.6. The molecule has 6 nitrogen and oxygen atoms in total. The van der Waals surface area contributed by atoms with Crippen LogP contribution in [-0.2, 0) is 17.9 Å². The zero-order valence-electron chi connectivity index (χ0n) is 16.0. The van der Waals surface area contributed by atoms with Crippen LogP contribution in [0.25, 0.3) is 0 Å². The number of aryl methyl sites for hydroxylation is 2. The molecule has 142 valence electrons. The Morgan fingerprint density at radius 1 is 1.26 bits per heavy atom. The molecule has 27 heavy (non-hydrogen) atoms. The fraction of sp³-hybridized carbons (Fsp3) is 0.350. The van der Waals surface area contributed by atoms with E-state index in [1.807, 2.05) is 43.8 Å². The third-order valence-corrected chi connectivity index (χ3v) is 5.13. The summed E-state index contributed by atoms with van der Waals surface area (Å²) in [5.41, 5.74) is 5.02. The number of nitrogens with one attached hydrogen (secondary N) is 1. The van der Waals surface area contributed by atoms with Crippen molar-refractivity contribution >= 4 is 27.5 Å². The number of amides is 1. The molecule has 3 rings (SSSR count). The Kier molecular flexibility index (Phi) is 5.79. The lowest BCUT2D eigenvalue weighted by molar-refractivity contribution is -0.119. The normalized spacial score (nSPS) is 12.2. The van der Waals surface area contributed by atoms with Gasteiger partial charge >= 0.3 is 0 Å².